The van der Waals surface area contributed by atoms with E-state index in [2.05, 4.69) is 4.98 Å². The lowest BCUT2D eigenvalue weighted by Gasteiger charge is -2.24. The van der Waals surface area contributed by atoms with Crippen molar-refractivity contribution in [1.82, 2.24) is 4.98 Å². The van der Waals surface area contributed by atoms with Crippen LogP contribution >= 0.6 is 0 Å². The van der Waals surface area contributed by atoms with Gasteiger partial charge in [0.1, 0.15) is 0 Å². The van der Waals surface area contributed by atoms with Crippen molar-refractivity contribution in [2.75, 3.05) is 0 Å². The largest absolute Gasteiger partial charge is 0.481 e. The number of aromatic nitrogens is 1. The molecule has 0 unspecified atom stereocenters. The summed E-state index contributed by atoms with van der Waals surface area (Å²) in [5.74, 6) is -0.777. The number of hydrogen-bond acceptors (Lipinski definition) is 2. The van der Waals surface area contributed by atoms with Gasteiger partial charge in [0.15, 0.2) is 0 Å². The van der Waals surface area contributed by atoms with E-state index in [4.69, 9.17) is 5.11 Å². The first kappa shape index (κ1) is 11.6. The second-order valence-corrected chi connectivity index (χ2v) is 4.86. The lowest BCUT2D eigenvalue weighted by molar-refractivity contribution is -0.138. The van der Waals surface area contributed by atoms with Crippen molar-refractivity contribution < 1.29 is 9.90 Å². The first-order valence-electron chi connectivity index (χ1n) is 5.56. The Bertz CT molecular complexity index is 556. The lowest BCUT2D eigenvalue weighted by atomic mass is 9.79. The second kappa shape index (κ2) is 4.17. The molecule has 0 amide bonds. The van der Waals surface area contributed by atoms with Crippen LogP contribution in [0.2, 0.25) is 0 Å². The fourth-order valence-corrected chi connectivity index (χ4v) is 2.19. The van der Waals surface area contributed by atoms with E-state index in [0.29, 0.717) is 0 Å². The van der Waals surface area contributed by atoms with Crippen LogP contribution in [0, 0.1) is 0 Å². The van der Waals surface area contributed by atoms with Gasteiger partial charge in [0.25, 0.3) is 0 Å². The molecule has 2 aromatic rings. The van der Waals surface area contributed by atoms with Gasteiger partial charge >= 0.3 is 5.97 Å². The summed E-state index contributed by atoms with van der Waals surface area (Å²) in [7, 11) is 0. The molecule has 2 rings (SSSR count). The maximum Gasteiger partial charge on any atom is 0.304 e. The third-order valence-corrected chi connectivity index (χ3v) is 3.00. The number of carboxylic acid groups (broad SMARTS) is 1. The number of carboxylic acids is 1. The lowest BCUT2D eigenvalue weighted by Crippen LogP contribution is -2.21. The van der Waals surface area contributed by atoms with E-state index >= 15 is 0 Å². The zero-order valence-corrected chi connectivity index (χ0v) is 9.97. The summed E-state index contributed by atoms with van der Waals surface area (Å²) in [5.41, 5.74) is 0.673. The highest BCUT2D eigenvalue weighted by Crippen LogP contribution is 2.32. The topological polar surface area (TPSA) is 50.2 Å². The third-order valence-electron chi connectivity index (χ3n) is 3.00. The van der Waals surface area contributed by atoms with Gasteiger partial charge in [0, 0.05) is 23.2 Å². The maximum atomic E-state index is 10.9. The molecule has 0 aliphatic carbocycles. The van der Waals surface area contributed by atoms with Crippen LogP contribution in [0.3, 0.4) is 0 Å². The van der Waals surface area contributed by atoms with Gasteiger partial charge in [-0.1, -0.05) is 32.0 Å². The van der Waals surface area contributed by atoms with E-state index in [9.17, 15) is 4.79 Å². The smallest absolute Gasteiger partial charge is 0.304 e. The highest BCUT2D eigenvalue weighted by atomic mass is 16.4. The van der Waals surface area contributed by atoms with Crippen LogP contribution in [0.15, 0.2) is 36.7 Å². The quantitative estimate of drug-likeness (QED) is 0.880. The number of pyridine rings is 1. The van der Waals surface area contributed by atoms with Gasteiger partial charge in [-0.2, -0.15) is 0 Å². The molecule has 1 heterocycles. The van der Waals surface area contributed by atoms with Crippen LogP contribution in [-0.2, 0) is 10.2 Å². The van der Waals surface area contributed by atoms with Gasteiger partial charge in [0.05, 0.1) is 6.42 Å². The number of nitrogens with zero attached hydrogens (tertiary/aromatic N) is 1. The van der Waals surface area contributed by atoms with E-state index in [-0.39, 0.29) is 11.8 Å². The molecule has 0 saturated heterocycles. The van der Waals surface area contributed by atoms with Gasteiger partial charge in [-0.05, 0) is 17.0 Å². The van der Waals surface area contributed by atoms with Gasteiger partial charge in [-0.25, -0.2) is 0 Å². The molecule has 1 aromatic heterocycles. The van der Waals surface area contributed by atoms with Crippen molar-refractivity contribution in [3.63, 3.8) is 0 Å². The van der Waals surface area contributed by atoms with E-state index in [0.717, 1.165) is 16.3 Å². The van der Waals surface area contributed by atoms with Crippen molar-refractivity contribution in [1.29, 1.82) is 0 Å². The fourth-order valence-electron chi connectivity index (χ4n) is 2.19. The molecule has 0 bridgehead atoms. The van der Waals surface area contributed by atoms with Crippen molar-refractivity contribution in [3.8, 4) is 0 Å². The Morgan fingerprint density at radius 1 is 1.35 bits per heavy atom. The molecule has 1 N–H and O–H groups in total. The molecular weight excluding hydrogens is 214 g/mol. The van der Waals surface area contributed by atoms with E-state index in [1.807, 2.05) is 38.1 Å². The molecule has 17 heavy (non-hydrogen) atoms. The zero-order chi connectivity index (χ0) is 12.5. The van der Waals surface area contributed by atoms with Crippen LogP contribution in [0.25, 0.3) is 10.8 Å². The Labute approximate surface area is 100 Å². The summed E-state index contributed by atoms with van der Waals surface area (Å²) in [6.07, 6.45) is 3.66. The summed E-state index contributed by atoms with van der Waals surface area (Å²) < 4.78 is 0. The highest BCUT2D eigenvalue weighted by molar-refractivity contribution is 5.86. The standard InChI is InChI=1S/C14H15NO2/c1-14(2,8-13(16)17)12-5-3-4-10-9-15-7-6-11(10)12/h3-7,9H,8H2,1-2H3,(H,16,17). The van der Waals surface area contributed by atoms with Crippen LogP contribution in [0.5, 0.6) is 0 Å². The molecule has 0 aliphatic heterocycles. The molecule has 3 nitrogen and oxygen atoms in total. The minimum Gasteiger partial charge on any atom is -0.481 e. The monoisotopic (exact) mass is 229 g/mol. The normalized spacial score (nSPS) is 11.6. The SMILES string of the molecule is CC(C)(CC(=O)O)c1cccc2cnccc12. The van der Waals surface area contributed by atoms with Gasteiger partial charge in [-0.15, -0.1) is 0 Å². The van der Waals surface area contributed by atoms with Crippen LogP contribution in [-0.4, -0.2) is 16.1 Å². The van der Waals surface area contributed by atoms with Gasteiger partial charge in [-0.3, -0.25) is 9.78 Å². The number of aliphatic carboxylic acids is 1. The van der Waals surface area contributed by atoms with Crippen molar-refractivity contribution >= 4 is 16.7 Å². The molecule has 3 heteroatoms. The summed E-state index contributed by atoms with van der Waals surface area (Å²) in [6.45, 7) is 3.91. The van der Waals surface area contributed by atoms with E-state index < -0.39 is 5.97 Å². The second-order valence-electron chi connectivity index (χ2n) is 4.86. The number of fused-ring (bicyclic) bond motifs is 1. The summed E-state index contributed by atoms with van der Waals surface area (Å²) in [5, 5.41) is 11.1. The third kappa shape index (κ3) is 2.28. The zero-order valence-electron chi connectivity index (χ0n) is 9.97. The average Bonchev–Trinajstić information content (AvgIpc) is 2.26. The van der Waals surface area contributed by atoms with Crippen molar-refractivity contribution in [3.05, 3.63) is 42.2 Å². The molecule has 0 fully saturated rings. The summed E-state index contributed by atoms with van der Waals surface area (Å²) in [6, 6.07) is 7.87. The van der Waals surface area contributed by atoms with E-state index in [1.165, 1.54) is 0 Å². The Hall–Kier alpha value is -1.90. The Balaban J connectivity index is 2.58. The van der Waals surface area contributed by atoms with Crippen molar-refractivity contribution in [2.45, 2.75) is 25.7 Å². The molecule has 0 aliphatic rings. The van der Waals surface area contributed by atoms with Gasteiger partial charge in [0.2, 0.25) is 0 Å². The molecule has 1 aromatic carbocycles. The minimum absolute atomic E-state index is 0.119. The Kier molecular flexibility index (Phi) is 2.84. The Morgan fingerprint density at radius 2 is 2.12 bits per heavy atom. The predicted octanol–water partition coefficient (Wildman–Crippen LogP) is 2.99. The minimum atomic E-state index is -0.777. The molecule has 0 radical (unpaired) electrons. The molecule has 88 valence electrons. The number of rotatable bonds is 3. The maximum absolute atomic E-state index is 10.9. The number of hydrogen-bond donors (Lipinski definition) is 1. The summed E-state index contributed by atoms with van der Waals surface area (Å²) >= 11 is 0. The molecule has 0 saturated carbocycles. The fraction of sp³-hybridized carbons (Fsp3) is 0.286. The Morgan fingerprint density at radius 3 is 2.82 bits per heavy atom. The number of benzene rings is 1. The number of carbonyl (C=O) groups is 1. The van der Waals surface area contributed by atoms with E-state index in [1.54, 1.807) is 12.4 Å². The van der Waals surface area contributed by atoms with Crippen LogP contribution in [0.1, 0.15) is 25.8 Å². The molecular formula is C14H15NO2. The predicted molar refractivity (Wildman–Crippen MR) is 67.0 cm³/mol. The molecule has 0 spiro atoms. The van der Waals surface area contributed by atoms with Gasteiger partial charge < -0.3 is 5.11 Å². The summed E-state index contributed by atoms with van der Waals surface area (Å²) in [4.78, 5) is 15.0. The van der Waals surface area contributed by atoms with Crippen LogP contribution < -0.4 is 0 Å². The van der Waals surface area contributed by atoms with Crippen LogP contribution in [0.4, 0.5) is 0 Å². The first-order chi connectivity index (χ1) is 8.00. The first-order valence-corrected chi connectivity index (χ1v) is 5.56. The highest BCUT2D eigenvalue weighted by Gasteiger charge is 2.25. The van der Waals surface area contributed by atoms with Crippen molar-refractivity contribution in [2.24, 2.45) is 0 Å². The average molecular weight is 229 g/mol. The molecule has 0 atom stereocenters.